The van der Waals surface area contributed by atoms with E-state index in [2.05, 4.69) is 21.5 Å². The van der Waals surface area contributed by atoms with Crippen LogP contribution in [-0.2, 0) is 14.8 Å². The average molecular weight is 298 g/mol. The van der Waals surface area contributed by atoms with Crippen molar-refractivity contribution >= 4 is 10.0 Å². The highest BCUT2D eigenvalue weighted by molar-refractivity contribution is 7.89. The number of aliphatic hydroxyl groups excluding tert-OH is 1. The van der Waals surface area contributed by atoms with Gasteiger partial charge >= 0.3 is 0 Å². The molecule has 0 fully saturated rings. The Balaban J connectivity index is 2.85. The van der Waals surface area contributed by atoms with Gasteiger partial charge < -0.3 is 9.84 Å². The van der Waals surface area contributed by atoms with Crippen LogP contribution in [0.2, 0.25) is 0 Å². The molecule has 0 amide bonds. The lowest BCUT2D eigenvalue weighted by molar-refractivity contribution is 0.122. The molecule has 1 aromatic rings. The first-order valence-corrected chi connectivity index (χ1v) is 7.55. The van der Waals surface area contributed by atoms with Crippen LogP contribution in [0.4, 0.5) is 0 Å². The number of methoxy groups -OCH3 is 1. The van der Waals surface area contributed by atoms with Gasteiger partial charge in [-0.3, -0.25) is 4.98 Å². The van der Waals surface area contributed by atoms with Gasteiger partial charge in [-0.15, -0.1) is 0 Å². The predicted molar refractivity (Wildman–Crippen MR) is 74.5 cm³/mol. The number of ether oxygens (including phenoxy) is 1. The fourth-order valence-electron chi connectivity index (χ4n) is 1.25. The maximum atomic E-state index is 12.0. The van der Waals surface area contributed by atoms with E-state index in [1.54, 1.807) is 6.92 Å². The minimum absolute atomic E-state index is 0.0329. The van der Waals surface area contributed by atoms with E-state index in [4.69, 9.17) is 9.84 Å². The number of nitrogens with one attached hydrogen (secondary N) is 1. The predicted octanol–water partition coefficient (Wildman–Crippen LogP) is 0.129. The van der Waals surface area contributed by atoms with Crippen molar-refractivity contribution in [3.05, 3.63) is 24.0 Å². The van der Waals surface area contributed by atoms with E-state index < -0.39 is 10.0 Å². The molecule has 7 heteroatoms. The third-order valence-corrected chi connectivity index (χ3v) is 3.85. The maximum absolute atomic E-state index is 12.0. The van der Waals surface area contributed by atoms with Gasteiger partial charge in [-0.1, -0.05) is 11.8 Å². The molecule has 0 saturated carbocycles. The number of aromatic nitrogens is 1. The van der Waals surface area contributed by atoms with E-state index >= 15 is 0 Å². The van der Waals surface area contributed by atoms with Gasteiger partial charge in [0.25, 0.3) is 0 Å². The normalized spacial score (nSPS) is 12.6. The molecule has 0 aromatic carbocycles. The summed E-state index contributed by atoms with van der Waals surface area (Å²) in [5.74, 6) is 5.46. The van der Waals surface area contributed by atoms with E-state index in [1.807, 2.05) is 0 Å². The molecule has 1 unspecified atom stereocenters. The lowest BCUT2D eigenvalue weighted by Gasteiger charge is -2.11. The Bertz CT molecular complexity index is 590. The molecule has 0 aliphatic rings. The molecule has 1 heterocycles. The molecule has 20 heavy (non-hydrogen) atoms. The van der Waals surface area contributed by atoms with Gasteiger partial charge in [0.15, 0.2) is 0 Å². The van der Waals surface area contributed by atoms with Gasteiger partial charge in [0.1, 0.15) is 4.90 Å². The number of hydrogen-bond donors (Lipinski definition) is 2. The molecule has 0 bridgehead atoms. The largest absolute Gasteiger partial charge is 0.395 e. The molecule has 1 rings (SSSR count). The fourth-order valence-corrected chi connectivity index (χ4v) is 2.35. The highest BCUT2D eigenvalue weighted by atomic mass is 32.2. The molecule has 1 aromatic heterocycles. The molecule has 6 nitrogen and oxygen atoms in total. The van der Waals surface area contributed by atoms with Crippen LogP contribution < -0.4 is 4.72 Å². The maximum Gasteiger partial charge on any atom is 0.242 e. The second-order valence-electron chi connectivity index (χ2n) is 4.08. The average Bonchev–Trinajstić information content (AvgIpc) is 2.45. The lowest BCUT2D eigenvalue weighted by Crippen LogP contribution is -2.31. The molecule has 110 valence electrons. The van der Waals surface area contributed by atoms with Crippen LogP contribution in [0.3, 0.4) is 0 Å². The van der Waals surface area contributed by atoms with Gasteiger partial charge in [-0.2, -0.15) is 0 Å². The standard InChI is InChI=1S/C13H18N2O4S/c1-11(19-2)8-15-20(17,18)13-7-12(9-14-10-13)5-3-4-6-16/h7,9-11,15-16H,4,6,8H2,1-2H3. The zero-order chi connectivity index (χ0) is 15.0. The number of hydrogen-bond acceptors (Lipinski definition) is 5. The molecule has 0 aliphatic carbocycles. The molecular formula is C13H18N2O4S. The van der Waals surface area contributed by atoms with E-state index in [9.17, 15) is 8.42 Å². The third kappa shape index (κ3) is 5.27. The van der Waals surface area contributed by atoms with E-state index in [0.717, 1.165) is 0 Å². The van der Waals surface area contributed by atoms with Crippen LogP contribution in [-0.4, -0.2) is 44.9 Å². The smallest absolute Gasteiger partial charge is 0.242 e. The van der Waals surface area contributed by atoms with E-state index in [-0.39, 0.29) is 24.2 Å². The van der Waals surface area contributed by atoms with Crippen molar-refractivity contribution < 1.29 is 18.3 Å². The van der Waals surface area contributed by atoms with Gasteiger partial charge in [0, 0.05) is 38.0 Å². The van der Waals surface area contributed by atoms with Crippen molar-refractivity contribution in [1.82, 2.24) is 9.71 Å². The zero-order valence-electron chi connectivity index (χ0n) is 11.5. The quantitative estimate of drug-likeness (QED) is 0.729. The van der Waals surface area contributed by atoms with Gasteiger partial charge in [0.05, 0.1) is 12.7 Å². The molecule has 2 N–H and O–H groups in total. The Morgan fingerprint density at radius 2 is 2.25 bits per heavy atom. The molecule has 0 spiro atoms. The summed E-state index contributed by atoms with van der Waals surface area (Å²) in [6.45, 7) is 1.91. The number of rotatable bonds is 6. The summed E-state index contributed by atoms with van der Waals surface area (Å²) in [5, 5.41) is 8.64. The van der Waals surface area contributed by atoms with Gasteiger partial charge in [0.2, 0.25) is 10.0 Å². The second-order valence-corrected chi connectivity index (χ2v) is 5.85. The highest BCUT2D eigenvalue weighted by Gasteiger charge is 2.15. The molecular weight excluding hydrogens is 280 g/mol. The summed E-state index contributed by atoms with van der Waals surface area (Å²) < 4.78 is 31.5. The van der Waals surface area contributed by atoms with E-state index in [1.165, 1.54) is 25.6 Å². The molecule has 0 saturated heterocycles. The molecule has 1 atom stereocenters. The highest BCUT2D eigenvalue weighted by Crippen LogP contribution is 2.09. The Hall–Kier alpha value is -1.46. The number of pyridine rings is 1. The first kappa shape index (κ1) is 16.6. The third-order valence-electron chi connectivity index (χ3n) is 2.46. The van der Waals surface area contributed by atoms with Crippen molar-refractivity contribution in [2.24, 2.45) is 0 Å². The minimum Gasteiger partial charge on any atom is -0.395 e. The van der Waals surface area contributed by atoms with Crippen molar-refractivity contribution in [2.75, 3.05) is 20.3 Å². The van der Waals surface area contributed by atoms with Crippen LogP contribution >= 0.6 is 0 Å². The number of aliphatic hydroxyl groups is 1. The SMILES string of the molecule is COC(C)CNS(=O)(=O)c1cncc(C#CCCO)c1. The number of nitrogens with zero attached hydrogens (tertiary/aromatic N) is 1. The summed E-state index contributed by atoms with van der Waals surface area (Å²) in [6, 6.07) is 1.44. The van der Waals surface area contributed by atoms with Crippen LogP contribution in [0, 0.1) is 11.8 Å². The van der Waals surface area contributed by atoms with Crippen molar-refractivity contribution in [2.45, 2.75) is 24.3 Å². The first-order valence-electron chi connectivity index (χ1n) is 6.07. The van der Waals surface area contributed by atoms with Crippen molar-refractivity contribution in [3.8, 4) is 11.8 Å². The summed E-state index contributed by atoms with van der Waals surface area (Å²) in [5.41, 5.74) is 0.487. The molecule has 0 radical (unpaired) electrons. The molecule has 0 aliphatic heterocycles. The van der Waals surface area contributed by atoms with Crippen molar-refractivity contribution in [3.63, 3.8) is 0 Å². The zero-order valence-corrected chi connectivity index (χ0v) is 12.3. The minimum atomic E-state index is -3.63. The Morgan fingerprint density at radius 3 is 2.90 bits per heavy atom. The number of sulfonamides is 1. The first-order chi connectivity index (χ1) is 9.49. The fraction of sp³-hybridized carbons (Fsp3) is 0.462. The van der Waals surface area contributed by atoms with Crippen LogP contribution in [0.25, 0.3) is 0 Å². The van der Waals surface area contributed by atoms with E-state index in [0.29, 0.717) is 12.0 Å². The Morgan fingerprint density at radius 1 is 1.50 bits per heavy atom. The van der Waals surface area contributed by atoms with Crippen molar-refractivity contribution in [1.29, 1.82) is 0 Å². The Labute approximate surface area is 119 Å². The summed E-state index contributed by atoms with van der Waals surface area (Å²) in [6.07, 6.45) is 2.85. The van der Waals surface area contributed by atoms with Crippen LogP contribution in [0.15, 0.2) is 23.4 Å². The van der Waals surface area contributed by atoms with Gasteiger partial charge in [-0.25, -0.2) is 13.1 Å². The topological polar surface area (TPSA) is 88.5 Å². The monoisotopic (exact) mass is 298 g/mol. The Kier molecular flexibility index (Phi) is 6.61. The van der Waals surface area contributed by atoms with Gasteiger partial charge in [-0.05, 0) is 13.0 Å². The second kappa shape index (κ2) is 7.97. The van der Waals surface area contributed by atoms with Crippen LogP contribution in [0.1, 0.15) is 18.9 Å². The van der Waals surface area contributed by atoms with Crippen LogP contribution in [0.5, 0.6) is 0 Å². The lowest BCUT2D eigenvalue weighted by atomic mass is 10.3. The summed E-state index contributed by atoms with van der Waals surface area (Å²) >= 11 is 0. The summed E-state index contributed by atoms with van der Waals surface area (Å²) in [4.78, 5) is 3.91. The summed E-state index contributed by atoms with van der Waals surface area (Å²) in [7, 11) is -2.12.